The lowest BCUT2D eigenvalue weighted by Crippen LogP contribution is -2.50. The van der Waals surface area contributed by atoms with E-state index in [1.54, 1.807) is 17.0 Å². The molecule has 8 nitrogen and oxygen atoms in total. The van der Waals surface area contributed by atoms with E-state index in [0.29, 0.717) is 26.2 Å². The molecule has 1 saturated heterocycles. The van der Waals surface area contributed by atoms with Crippen LogP contribution >= 0.6 is 0 Å². The Balaban J connectivity index is 1.49. The van der Waals surface area contributed by atoms with Gasteiger partial charge >= 0.3 is 6.03 Å². The number of rotatable bonds is 3. The van der Waals surface area contributed by atoms with E-state index in [2.05, 4.69) is 59.2 Å². The fourth-order valence-corrected chi connectivity index (χ4v) is 3.83. The third kappa shape index (κ3) is 4.42. The Hall–Kier alpha value is -3.29. The summed E-state index contributed by atoms with van der Waals surface area (Å²) in [5.74, 6) is 1.62. The lowest BCUT2D eigenvalue weighted by molar-refractivity contribution is 0.197. The van der Waals surface area contributed by atoms with Gasteiger partial charge in [-0.3, -0.25) is 4.57 Å². The van der Waals surface area contributed by atoms with E-state index < -0.39 is 0 Å². The lowest BCUT2D eigenvalue weighted by Gasteiger charge is -2.36. The standard InChI is InChI=1S/C23H31N7O/c1-23(2,3)26-20-21(25-10-9-24-20)28-12-14-29(15-13-28)22(31)30-11-8-17-6-7-18(27(4)5)16-19(17)30/h6-11,16H,12-15H2,1-5H3,(H,24,26). The molecular formula is C23H31N7O. The van der Waals surface area contributed by atoms with Gasteiger partial charge in [-0.15, -0.1) is 0 Å². The van der Waals surface area contributed by atoms with Crippen LogP contribution in [0.2, 0.25) is 0 Å². The summed E-state index contributed by atoms with van der Waals surface area (Å²) in [6.45, 7) is 9.01. The summed E-state index contributed by atoms with van der Waals surface area (Å²) in [6.07, 6.45) is 5.29. The second-order valence-corrected chi connectivity index (χ2v) is 9.18. The minimum absolute atomic E-state index is 0.0118. The van der Waals surface area contributed by atoms with Gasteiger partial charge in [0.1, 0.15) is 0 Å². The molecule has 0 spiro atoms. The molecule has 31 heavy (non-hydrogen) atoms. The van der Waals surface area contributed by atoms with Crippen LogP contribution in [0.4, 0.5) is 22.1 Å². The first-order valence-corrected chi connectivity index (χ1v) is 10.6. The molecule has 3 heterocycles. The average molecular weight is 422 g/mol. The Morgan fingerprint density at radius 2 is 1.74 bits per heavy atom. The Labute approximate surface area is 183 Å². The predicted molar refractivity (Wildman–Crippen MR) is 126 cm³/mol. The van der Waals surface area contributed by atoms with Gasteiger partial charge in [0, 0.05) is 75.5 Å². The summed E-state index contributed by atoms with van der Waals surface area (Å²) in [5, 5.41) is 4.50. The van der Waals surface area contributed by atoms with E-state index in [1.165, 1.54) is 0 Å². The second kappa shape index (κ2) is 8.09. The van der Waals surface area contributed by atoms with Crippen LogP contribution in [0.15, 0.2) is 42.9 Å². The molecule has 2 aromatic heterocycles. The molecule has 0 unspecified atom stereocenters. The number of carbonyl (C=O) groups is 1. The van der Waals surface area contributed by atoms with Crippen LogP contribution in [0.5, 0.6) is 0 Å². The predicted octanol–water partition coefficient (Wildman–Crippen LogP) is 3.50. The number of aromatic nitrogens is 3. The molecule has 1 aromatic carbocycles. The number of piperazine rings is 1. The molecular weight excluding hydrogens is 390 g/mol. The topological polar surface area (TPSA) is 69.5 Å². The van der Waals surface area contributed by atoms with E-state index >= 15 is 0 Å². The molecule has 1 amide bonds. The normalized spacial score (nSPS) is 14.7. The molecule has 1 aliphatic heterocycles. The minimum Gasteiger partial charge on any atom is -0.378 e. The van der Waals surface area contributed by atoms with Gasteiger partial charge < -0.3 is 20.0 Å². The Kier molecular flexibility index (Phi) is 5.47. The Bertz CT molecular complexity index is 1070. The van der Waals surface area contributed by atoms with Crippen LogP contribution in [0.3, 0.4) is 0 Å². The summed E-state index contributed by atoms with van der Waals surface area (Å²) in [6, 6.07) is 8.20. The molecule has 4 rings (SSSR count). The van der Waals surface area contributed by atoms with E-state index in [-0.39, 0.29) is 11.6 Å². The quantitative estimate of drug-likeness (QED) is 0.698. The first-order chi connectivity index (χ1) is 14.7. The molecule has 0 bridgehead atoms. The van der Waals surface area contributed by atoms with Crippen molar-refractivity contribution in [3.63, 3.8) is 0 Å². The second-order valence-electron chi connectivity index (χ2n) is 9.18. The van der Waals surface area contributed by atoms with E-state index in [4.69, 9.17) is 0 Å². The number of fused-ring (bicyclic) bond motifs is 1. The SMILES string of the molecule is CN(C)c1ccc2ccn(C(=O)N3CCN(c4nccnc4NC(C)(C)C)CC3)c2c1. The molecule has 0 aliphatic carbocycles. The molecule has 164 valence electrons. The lowest BCUT2D eigenvalue weighted by atomic mass is 10.1. The van der Waals surface area contributed by atoms with Gasteiger partial charge in [0.15, 0.2) is 11.6 Å². The van der Waals surface area contributed by atoms with Crippen molar-refractivity contribution < 1.29 is 4.79 Å². The summed E-state index contributed by atoms with van der Waals surface area (Å²) < 4.78 is 1.76. The number of nitrogens with zero attached hydrogens (tertiary/aromatic N) is 6. The molecule has 0 atom stereocenters. The number of hydrogen-bond donors (Lipinski definition) is 1. The zero-order valence-electron chi connectivity index (χ0n) is 19.0. The van der Waals surface area contributed by atoms with Crippen molar-refractivity contribution in [3.05, 3.63) is 42.9 Å². The monoisotopic (exact) mass is 421 g/mol. The van der Waals surface area contributed by atoms with Gasteiger partial charge in [0.2, 0.25) is 0 Å². The van der Waals surface area contributed by atoms with Gasteiger partial charge in [-0.1, -0.05) is 6.07 Å². The van der Waals surface area contributed by atoms with Crippen molar-refractivity contribution in [2.75, 3.05) is 55.4 Å². The number of hydrogen-bond acceptors (Lipinski definition) is 6. The summed E-state index contributed by atoms with van der Waals surface area (Å²) in [7, 11) is 4.01. The van der Waals surface area contributed by atoms with Gasteiger partial charge in [-0.05, 0) is 39.0 Å². The first kappa shape index (κ1) is 21.0. The van der Waals surface area contributed by atoms with Crippen molar-refractivity contribution in [2.45, 2.75) is 26.3 Å². The van der Waals surface area contributed by atoms with E-state index in [0.717, 1.165) is 28.2 Å². The third-order valence-corrected chi connectivity index (χ3v) is 5.42. The fourth-order valence-electron chi connectivity index (χ4n) is 3.83. The van der Waals surface area contributed by atoms with Crippen molar-refractivity contribution in [1.82, 2.24) is 19.4 Å². The third-order valence-electron chi connectivity index (χ3n) is 5.42. The van der Waals surface area contributed by atoms with Gasteiger partial charge in [-0.2, -0.15) is 0 Å². The largest absolute Gasteiger partial charge is 0.378 e. The first-order valence-electron chi connectivity index (χ1n) is 10.6. The van der Waals surface area contributed by atoms with Crippen LogP contribution < -0.4 is 15.1 Å². The molecule has 1 aliphatic rings. The number of nitrogens with one attached hydrogen (secondary N) is 1. The van der Waals surface area contributed by atoms with Crippen LogP contribution in [0, 0.1) is 0 Å². The average Bonchev–Trinajstić information content (AvgIpc) is 3.16. The highest BCUT2D eigenvalue weighted by atomic mass is 16.2. The molecule has 0 radical (unpaired) electrons. The van der Waals surface area contributed by atoms with Crippen molar-refractivity contribution in [3.8, 4) is 0 Å². The summed E-state index contributed by atoms with van der Waals surface area (Å²) in [5.41, 5.74) is 1.90. The van der Waals surface area contributed by atoms with Crippen LogP contribution in [-0.2, 0) is 0 Å². The van der Waals surface area contributed by atoms with Crippen molar-refractivity contribution in [2.24, 2.45) is 0 Å². The highest BCUT2D eigenvalue weighted by Crippen LogP contribution is 2.26. The smallest absolute Gasteiger partial charge is 0.328 e. The van der Waals surface area contributed by atoms with Crippen molar-refractivity contribution in [1.29, 1.82) is 0 Å². The van der Waals surface area contributed by atoms with E-state index in [9.17, 15) is 4.79 Å². The van der Waals surface area contributed by atoms with Crippen molar-refractivity contribution >= 4 is 34.3 Å². The molecule has 1 fully saturated rings. The van der Waals surface area contributed by atoms with Crippen LogP contribution in [-0.4, -0.2) is 71.3 Å². The van der Waals surface area contributed by atoms with Crippen LogP contribution in [0.25, 0.3) is 10.9 Å². The van der Waals surface area contributed by atoms with Gasteiger partial charge in [0.25, 0.3) is 0 Å². The van der Waals surface area contributed by atoms with Gasteiger partial charge in [0.05, 0.1) is 5.52 Å². The zero-order chi connectivity index (χ0) is 22.2. The van der Waals surface area contributed by atoms with Crippen LogP contribution in [0.1, 0.15) is 20.8 Å². The highest BCUT2D eigenvalue weighted by molar-refractivity contribution is 5.93. The molecule has 3 aromatic rings. The summed E-state index contributed by atoms with van der Waals surface area (Å²) in [4.78, 5) is 28.5. The molecule has 8 heteroatoms. The number of carbonyl (C=O) groups excluding carboxylic acids is 1. The fraction of sp³-hybridized carbons (Fsp3) is 0.435. The molecule has 1 N–H and O–H groups in total. The maximum absolute atomic E-state index is 13.3. The van der Waals surface area contributed by atoms with E-state index in [1.807, 2.05) is 36.2 Å². The van der Waals surface area contributed by atoms with Gasteiger partial charge in [-0.25, -0.2) is 14.8 Å². The Morgan fingerprint density at radius 3 is 2.42 bits per heavy atom. The number of anilines is 3. The number of benzene rings is 1. The Morgan fingerprint density at radius 1 is 1.03 bits per heavy atom. The highest BCUT2D eigenvalue weighted by Gasteiger charge is 2.26. The minimum atomic E-state index is -0.108. The summed E-state index contributed by atoms with van der Waals surface area (Å²) >= 11 is 0. The maximum atomic E-state index is 13.3. The zero-order valence-corrected chi connectivity index (χ0v) is 19.0. The number of amides is 1. The molecule has 0 saturated carbocycles. The maximum Gasteiger partial charge on any atom is 0.328 e.